The van der Waals surface area contributed by atoms with Crippen LogP contribution in [-0.4, -0.2) is 1.31 Å². The molecule has 0 aromatic rings. The lowest BCUT2D eigenvalue weighted by atomic mass is 12.0. The van der Waals surface area contributed by atoms with E-state index in [9.17, 15) is 0 Å². The van der Waals surface area contributed by atoms with Crippen LogP contribution in [0.15, 0.2) is 0 Å². The Balaban J connectivity index is 2.80. The monoisotopic (exact) mass is 298 g/mol. The Morgan fingerprint density at radius 2 is 1.50 bits per heavy atom. The summed E-state index contributed by atoms with van der Waals surface area (Å²) < 4.78 is 1.16. The first-order chi connectivity index (χ1) is 1.73. The van der Waals surface area contributed by atoms with Crippen LogP contribution in [0.25, 0.3) is 0 Å². The number of hydrogen-bond acceptors (Lipinski definition) is 0. The molecule has 0 nitrogen and oxygen atoms in total. The van der Waals surface area contributed by atoms with Gasteiger partial charge in [-0.3, -0.25) is 0 Å². The summed E-state index contributed by atoms with van der Waals surface area (Å²) in [6, 6.07) is 0. The molecule has 24 valence electrons. The van der Waals surface area contributed by atoms with E-state index in [1.54, 1.807) is 0 Å². The molecule has 0 fully saturated rings. The first-order valence-electron chi connectivity index (χ1n) is 0.628. The Bertz CT molecular complexity index is 29.0. The quantitative estimate of drug-likeness (QED) is 0.474. The largest absolute Gasteiger partial charge is 0.100 e. The van der Waals surface area contributed by atoms with Crippen molar-refractivity contribution in [1.29, 1.82) is 0 Å². The molecular formula is CHI2P. The fourth-order valence-corrected chi connectivity index (χ4v) is 0. The molecule has 0 unspecified atom stereocenters. The van der Waals surface area contributed by atoms with Gasteiger partial charge in [-0.1, -0.05) is 0 Å². The van der Waals surface area contributed by atoms with Gasteiger partial charge in [-0.25, -0.2) is 0 Å². The first-order valence-corrected chi connectivity index (χ1v) is 3.29. The number of rotatable bonds is 0. The van der Waals surface area contributed by atoms with E-state index in [0.717, 1.165) is 1.31 Å². The van der Waals surface area contributed by atoms with Crippen LogP contribution < -0.4 is 0 Å². The highest BCUT2D eigenvalue weighted by atomic mass is 127. The zero-order chi connectivity index (χ0) is 3.58. The fraction of sp³-hybridized carbons (Fsp3) is 0. The maximum absolute atomic E-state index is 3.20. The highest BCUT2D eigenvalue weighted by Crippen LogP contribution is 1.99. The average Bonchev–Trinajstić information content (AvgIpc) is 0.811. The van der Waals surface area contributed by atoms with E-state index < -0.39 is 0 Å². The lowest BCUT2D eigenvalue weighted by Crippen LogP contribution is -1.38. The fourth-order valence-electron chi connectivity index (χ4n) is 0. The molecule has 0 saturated heterocycles. The molecule has 0 rings (SSSR count). The Morgan fingerprint density at radius 3 is 1.50 bits per heavy atom. The molecule has 0 saturated carbocycles. The molecule has 0 aliphatic carbocycles. The van der Waals surface area contributed by atoms with Gasteiger partial charge in [0.1, 0.15) is 0 Å². The summed E-state index contributed by atoms with van der Waals surface area (Å²) >= 11 is 4.32. The first kappa shape index (κ1) is 5.63. The lowest BCUT2D eigenvalue weighted by molar-refractivity contribution is 4.58. The van der Waals surface area contributed by atoms with Crippen LogP contribution in [0, 0.1) is 0 Å². The van der Waals surface area contributed by atoms with Crippen molar-refractivity contribution in [2.45, 2.75) is 0 Å². The van der Waals surface area contributed by atoms with Gasteiger partial charge in [0, 0.05) is 0 Å². The third kappa shape index (κ3) is 9.45. The molecule has 0 aromatic carbocycles. The minimum Gasteiger partial charge on any atom is -0.100 e. The molecule has 0 spiro atoms. The van der Waals surface area contributed by atoms with E-state index in [4.69, 9.17) is 0 Å². The summed E-state index contributed by atoms with van der Waals surface area (Å²) in [4.78, 5) is 0. The van der Waals surface area contributed by atoms with Gasteiger partial charge in [-0.15, -0.1) is 8.86 Å². The Hall–Kier alpha value is 1.63. The van der Waals surface area contributed by atoms with E-state index in [1.165, 1.54) is 0 Å². The topological polar surface area (TPSA) is 0 Å². The summed E-state index contributed by atoms with van der Waals surface area (Å²) in [5.74, 6) is 0. The molecule has 3 heteroatoms. The molecule has 0 amide bonds. The smallest absolute Gasteiger partial charge is 0.0708 e. The van der Waals surface area contributed by atoms with Crippen LogP contribution >= 0.6 is 54.0 Å². The van der Waals surface area contributed by atoms with Gasteiger partial charge in [-0.05, 0) is 45.2 Å². The van der Waals surface area contributed by atoms with Crippen LogP contribution in [-0.2, 0) is 0 Å². The summed E-state index contributed by atoms with van der Waals surface area (Å²) in [6.45, 7) is 0. The maximum atomic E-state index is 3.20. The van der Waals surface area contributed by atoms with Crippen molar-refractivity contribution in [2.75, 3.05) is 0 Å². The van der Waals surface area contributed by atoms with Crippen LogP contribution in [0.1, 0.15) is 0 Å². The second kappa shape index (κ2) is 2.85. The van der Waals surface area contributed by atoms with E-state index in [1.807, 2.05) is 0 Å². The summed E-state index contributed by atoms with van der Waals surface area (Å²) in [6.07, 6.45) is 0. The van der Waals surface area contributed by atoms with Crippen LogP contribution in [0.2, 0.25) is 0 Å². The summed E-state index contributed by atoms with van der Waals surface area (Å²) in [5, 5.41) is 0. The minimum atomic E-state index is 1.16. The molecule has 0 N–H and O–H groups in total. The van der Waals surface area contributed by atoms with Crippen molar-refractivity contribution in [3.63, 3.8) is 0 Å². The van der Waals surface area contributed by atoms with Gasteiger partial charge >= 0.3 is 0 Å². The highest BCUT2D eigenvalue weighted by molar-refractivity contribution is 14.2. The SMILES string of the molecule is P=C(I)I. The minimum absolute atomic E-state index is 1.16. The molecule has 4 heavy (non-hydrogen) atoms. The van der Waals surface area contributed by atoms with Crippen LogP contribution in [0.4, 0.5) is 0 Å². The van der Waals surface area contributed by atoms with E-state index >= 15 is 0 Å². The molecule has 0 radical (unpaired) electrons. The van der Waals surface area contributed by atoms with E-state index in [2.05, 4.69) is 54.0 Å². The zero-order valence-corrected chi connectivity index (χ0v) is 7.07. The van der Waals surface area contributed by atoms with Gasteiger partial charge in [-0.2, -0.15) is 0 Å². The molecule has 0 aliphatic rings. The van der Waals surface area contributed by atoms with Crippen LogP contribution in [0.3, 0.4) is 0 Å². The van der Waals surface area contributed by atoms with E-state index in [-0.39, 0.29) is 0 Å². The summed E-state index contributed by atoms with van der Waals surface area (Å²) in [5.41, 5.74) is 0. The van der Waals surface area contributed by atoms with Crippen molar-refractivity contribution in [3.05, 3.63) is 0 Å². The average molecular weight is 298 g/mol. The number of hydrogen-bond donors (Lipinski definition) is 0. The van der Waals surface area contributed by atoms with Crippen molar-refractivity contribution < 1.29 is 0 Å². The highest BCUT2D eigenvalue weighted by Gasteiger charge is 1.60. The molecule has 0 bridgehead atoms. The normalized spacial score (nSPS) is 6.50. The van der Waals surface area contributed by atoms with Gasteiger partial charge < -0.3 is 0 Å². The van der Waals surface area contributed by atoms with E-state index in [0.29, 0.717) is 0 Å². The van der Waals surface area contributed by atoms with Crippen molar-refractivity contribution in [1.82, 2.24) is 0 Å². The zero-order valence-electron chi connectivity index (χ0n) is 1.76. The van der Waals surface area contributed by atoms with Crippen molar-refractivity contribution >= 4 is 55.4 Å². The predicted octanol–water partition coefficient (Wildman–Crippen LogP) is 2.09. The Labute approximate surface area is 54.9 Å². The lowest BCUT2D eigenvalue weighted by Gasteiger charge is -1.57. The standard InChI is InChI=1S/CHI2P/c2-1(3)4/h4H. The van der Waals surface area contributed by atoms with Gasteiger partial charge in [0.2, 0.25) is 0 Å². The van der Waals surface area contributed by atoms with Gasteiger partial charge in [0.25, 0.3) is 0 Å². The second-order valence-electron chi connectivity index (χ2n) is 0.260. The molecular weight excluding hydrogens is 297 g/mol. The summed E-state index contributed by atoms with van der Waals surface area (Å²) in [7, 11) is 3.20. The third-order valence-electron chi connectivity index (χ3n) is 0. The van der Waals surface area contributed by atoms with Crippen molar-refractivity contribution in [3.8, 4) is 0 Å². The third-order valence-corrected chi connectivity index (χ3v) is 0. The maximum Gasteiger partial charge on any atom is 0.0708 e. The van der Waals surface area contributed by atoms with Gasteiger partial charge in [0.15, 0.2) is 0 Å². The molecule has 0 aromatic heterocycles. The predicted molar refractivity (Wildman–Crippen MR) is 41.4 cm³/mol. The Morgan fingerprint density at radius 1 is 1.50 bits per heavy atom. The van der Waals surface area contributed by atoms with Gasteiger partial charge in [0.05, 0.1) is 1.31 Å². The molecule has 0 heterocycles. The second-order valence-corrected chi connectivity index (χ2v) is 7.02. The van der Waals surface area contributed by atoms with Crippen molar-refractivity contribution in [2.24, 2.45) is 0 Å². The number of halogens is 2. The molecule has 0 atom stereocenters. The molecule has 0 aliphatic heterocycles. The Kier molecular flexibility index (Phi) is 4.01. The van der Waals surface area contributed by atoms with Crippen LogP contribution in [0.5, 0.6) is 0 Å².